The van der Waals surface area contributed by atoms with Crippen LogP contribution >= 0.6 is 11.3 Å². The smallest absolute Gasteiger partial charge is 0.409 e. The van der Waals surface area contributed by atoms with E-state index >= 15 is 0 Å². The topological polar surface area (TPSA) is 133 Å². The number of carbonyl (C=O) groups is 3. The molecule has 2 aromatic carbocycles. The van der Waals surface area contributed by atoms with E-state index in [4.69, 9.17) is 5.11 Å². The summed E-state index contributed by atoms with van der Waals surface area (Å²) in [5.74, 6) is -0.487. The zero-order chi connectivity index (χ0) is 23.6. The van der Waals surface area contributed by atoms with E-state index in [1.54, 1.807) is 12.1 Å². The molecule has 10 heteroatoms. The number of rotatable bonds is 9. The van der Waals surface area contributed by atoms with Gasteiger partial charge in [0.1, 0.15) is 4.88 Å². The van der Waals surface area contributed by atoms with Gasteiger partial charge in [-0.05, 0) is 36.1 Å². The second-order valence-electron chi connectivity index (χ2n) is 7.02. The van der Waals surface area contributed by atoms with Crippen molar-refractivity contribution >= 4 is 46.4 Å². The number of hydrogen-bond acceptors (Lipinski definition) is 6. The zero-order valence-corrected chi connectivity index (χ0v) is 18.7. The third kappa shape index (κ3) is 7.54. The summed E-state index contributed by atoms with van der Waals surface area (Å²) in [6, 6.07) is 16.9. The number of benzene rings is 2. The maximum Gasteiger partial charge on any atom is 0.409 e. The Morgan fingerprint density at radius 1 is 1.03 bits per heavy atom. The Morgan fingerprint density at radius 2 is 1.76 bits per heavy atom. The maximum absolute atomic E-state index is 12.8. The number of aryl methyl sites for hydroxylation is 2. The van der Waals surface area contributed by atoms with Crippen molar-refractivity contribution in [2.45, 2.75) is 26.3 Å². The van der Waals surface area contributed by atoms with Crippen LogP contribution in [0.3, 0.4) is 0 Å². The van der Waals surface area contributed by atoms with Crippen LogP contribution in [0.5, 0.6) is 0 Å². The molecule has 3 amide bonds. The van der Waals surface area contributed by atoms with Crippen molar-refractivity contribution < 1.29 is 19.5 Å². The Bertz CT molecular complexity index is 1140. The summed E-state index contributed by atoms with van der Waals surface area (Å²) in [5.41, 5.74) is 3.21. The van der Waals surface area contributed by atoms with Crippen LogP contribution in [-0.2, 0) is 24.2 Å². The van der Waals surface area contributed by atoms with Gasteiger partial charge in [-0.3, -0.25) is 14.9 Å². The highest BCUT2D eigenvalue weighted by Gasteiger charge is 2.18. The lowest BCUT2D eigenvalue weighted by Gasteiger charge is -2.06. The van der Waals surface area contributed by atoms with Gasteiger partial charge in [0.2, 0.25) is 5.91 Å². The van der Waals surface area contributed by atoms with E-state index in [1.165, 1.54) is 6.92 Å². The Morgan fingerprint density at radius 3 is 2.42 bits per heavy atom. The summed E-state index contributed by atoms with van der Waals surface area (Å²) in [5, 5.41) is 16.6. The van der Waals surface area contributed by atoms with E-state index in [0.717, 1.165) is 28.8 Å². The van der Waals surface area contributed by atoms with Gasteiger partial charge in [0, 0.05) is 13.5 Å². The lowest BCUT2D eigenvalue weighted by molar-refractivity contribution is -0.114. The minimum Gasteiger partial charge on any atom is -0.465 e. The zero-order valence-electron chi connectivity index (χ0n) is 17.9. The van der Waals surface area contributed by atoms with Gasteiger partial charge in [0.25, 0.3) is 5.91 Å². The SMILES string of the molecule is CC(=O)Nc1nc(CCc2ccc(N=CNC(=O)O)cc2)c(C(=O)NCc2ccccc2)s1. The Balaban J connectivity index is 1.67. The number of nitrogens with zero attached hydrogens (tertiary/aromatic N) is 2. The Kier molecular flexibility index (Phi) is 8.25. The molecule has 9 nitrogen and oxygen atoms in total. The lowest BCUT2D eigenvalue weighted by Crippen LogP contribution is -2.23. The first kappa shape index (κ1) is 23.6. The summed E-state index contributed by atoms with van der Waals surface area (Å²) in [6.07, 6.45) is 1.06. The summed E-state index contributed by atoms with van der Waals surface area (Å²) in [4.78, 5) is 43.6. The third-order valence-corrected chi connectivity index (χ3v) is 5.48. The second kappa shape index (κ2) is 11.5. The van der Waals surface area contributed by atoms with Crippen LogP contribution in [0.4, 0.5) is 15.6 Å². The van der Waals surface area contributed by atoms with Crippen LogP contribution < -0.4 is 16.0 Å². The molecule has 170 valence electrons. The normalized spacial score (nSPS) is 10.7. The third-order valence-electron chi connectivity index (χ3n) is 4.47. The molecule has 0 aliphatic rings. The van der Waals surface area contributed by atoms with E-state index < -0.39 is 6.09 Å². The molecule has 0 saturated carbocycles. The number of hydrogen-bond donors (Lipinski definition) is 4. The van der Waals surface area contributed by atoms with E-state index in [-0.39, 0.29) is 11.8 Å². The van der Waals surface area contributed by atoms with Gasteiger partial charge in [0.15, 0.2) is 5.13 Å². The highest BCUT2D eigenvalue weighted by atomic mass is 32.1. The first-order chi connectivity index (χ1) is 15.9. The summed E-state index contributed by atoms with van der Waals surface area (Å²) in [6.45, 7) is 1.79. The minimum atomic E-state index is -1.18. The number of aromatic nitrogens is 1. The molecule has 1 aromatic heterocycles. The molecule has 0 atom stereocenters. The Hall–Kier alpha value is -4.05. The van der Waals surface area contributed by atoms with Crippen LogP contribution in [-0.4, -0.2) is 34.3 Å². The van der Waals surface area contributed by atoms with Gasteiger partial charge in [0.05, 0.1) is 17.7 Å². The quantitative estimate of drug-likeness (QED) is 0.282. The van der Waals surface area contributed by atoms with Crippen LogP contribution in [0, 0.1) is 0 Å². The monoisotopic (exact) mass is 465 g/mol. The molecule has 33 heavy (non-hydrogen) atoms. The van der Waals surface area contributed by atoms with Crippen LogP contribution in [0.2, 0.25) is 0 Å². The molecule has 0 fully saturated rings. The molecule has 0 aliphatic carbocycles. The van der Waals surface area contributed by atoms with Gasteiger partial charge in [-0.2, -0.15) is 0 Å². The molecule has 1 heterocycles. The summed E-state index contributed by atoms with van der Waals surface area (Å²) >= 11 is 1.15. The van der Waals surface area contributed by atoms with E-state index in [0.29, 0.717) is 40.8 Å². The van der Waals surface area contributed by atoms with Crippen molar-refractivity contribution in [3.63, 3.8) is 0 Å². The molecule has 0 spiro atoms. The van der Waals surface area contributed by atoms with Crippen LogP contribution in [0.25, 0.3) is 0 Å². The molecular weight excluding hydrogens is 442 g/mol. The standard InChI is InChI=1S/C23H23N5O4S/c1-15(29)27-22-28-19(20(33-22)21(30)24-13-17-5-3-2-4-6-17)12-9-16-7-10-18(11-8-16)25-14-26-23(31)32/h2-8,10-11,14H,9,12-13H2,1H3,(H,24,30)(H,25,26)(H,31,32)(H,27,28,29). The number of carboxylic acid groups (broad SMARTS) is 1. The number of anilines is 1. The molecule has 4 N–H and O–H groups in total. The molecule has 0 unspecified atom stereocenters. The average Bonchev–Trinajstić information content (AvgIpc) is 3.19. The molecule has 0 saturated heterocycles. The number of nitrogens with one attached hydrogen (secondary N) is 3. The average molecular weight is 466 g/mol. The molecule has 0 radical (unpaired) electrons. The molecule has 3 rings (SSSR count). The largest absolute Gasteiger partial charge is 0.465 e. The fourth-order valence-electron chi connectivity index (χ4n) is 2.93. The first-order valence-electron chi connectivity index (χ1n) is 10.1. The number of carbonyl (C=O) groups excluding carboxylic acids is 2. The van der Waals surface area contributed by atoms with E-state index in [9.17, 15) is 14.4 Å². The maximum atomic E-state index is 12.8. The summed E-state index contributed by atoms with van der Waals surface area (Å²) < 4.78 is 0. The van der Waals surface area contributed by atoms with Crippen molar-refractivity contribution in [3.8, 4) is 0 Å². The van der Waals surface area contributed by atoms with Crippen molar-refractivity contribution in [1.29, 1.82) is 0 Å². The molecule has 0 aliphatic heterocycles. The number of thiazole rings is 1. The highest BCUT2D eigenvalue weighted by Crippen LogP contribution is 2.25. The van der Waals surface area contributed by atoms with Gasteiger partial charge in [-0.25, -0.2) is 14.8 Å². The fraction of sp³-hybridized carbons (Fsp3) is 0.174. The van der Waals surface area contributed by atoms with Crippen LogP contribution in [0.1, 0.15) is 33.4 Å². The second-order valence-corrected chi connectivity index (χ2v) is 8.02. The number of amides is 3. The van der Waals surface area contributed by atoms with E-state index in [2.05, 4.69) is 25.9 Å². The predicted octanol–water partition coefficient (Wildman–Crippen LogP) is 3.74. The molecular formula is C23H23N5O4S. The van der Waals surface area contributed by atoms with Gasteiger partial charge in [-0.1, -0.05) is 53.8 Å². The van der Waals surface area contributed by atoms with Gasteiger partial charge in [-0.15, -0.1) is 0 Å². The molecule has 3 aromatic rings. The Labute approximate surface area is 194 Å². The molecule has 0 bridgehead atoms. The minimum absolute atomic E-state index is 0.237. The van der Waals surface area contributed by atoms with Crippen LogP contribution in [0.15, 0.2) is 59.6 Å². The number of aliphatic imine (C=N–C) groups is 1. The van der Waals surface area contributed by atoms with E-state index in [1.807, 2.05) is 42.5 Å². The van der Waals surface area contributed by atoms with Gasteiger partial charge >= 0.3 is 6.09 Å². The summed E-state index contributed by atoms with van der Waals surface area (Å²) in [7, 11) is 0. The van der Waals surface area contributed by atoms with Crippen molar-refractivity contribution in [2.75, 3.05) is 5.32 Å². The fourth-order valence-corrected chi connectivity index (χ4v) is 3.91. The van der Waals surface area contributed by atoms with Crippen molar-refractivity contribution in [3.05, 3.63) is 76.3 Å². The highest BCUT2D eigenvalue weighted by molar-refractivity contribution is 7.17. The lowest BCUT2D eigenvalue weighted by atomic mass is 10.1. The van der Waals surface area contributed by atoms with Crippen molar-refractivity contribution in [1.82, 2.24) is 15.6 Å². The van der Waals surface area contributed by atoms with Gasteiger partial charge < -0.3 is 15.7 Å². The van der Waals surface area contributed by atoms with Crippen molar-refractivity contribution in [2.24, 2.45) is 4.99 Å². The first-order valence-corrected chi connectivity index (χ1v) is 10.9. The predicted molar refractivity (Wildman–Crippen MR) is 127 cm³/mol.